The van der Waals surface area contributed by atoms with E-state index < -0.39 is 0 Å². The first-order valence-corrected chi connectivity index (χ1v) is 5.49. The summed E-state index contributed by atoms with van der Waals surface area (Å²) >= 11 is 0. The lowest BCUT2D eigenvalue weighted by Crippen LogP contribution is -2.32. The normalized spacial score (nSPS) is 38.9. The SMILES string of the molecule is C#CC(C)NCC1CC2CCC1C2. The molecule has 0 radical (unpaired) electrons. The molecule has 0 aromatic rings. The third-order valence-corrected chi connectivity index (χ3v) is 3.82. The van der Waals surface area contributed by atoms with Crippen molar-refractivity contribution >= 4 is 0 Å². The highest BCUT2D eigenvalue weighted by Gasteiger charge is 2.38. The predicted octanol–water partition coefficient (Wildman–Crippen LogP) is 2.03. The number of rotatable bonds is 3. The fraction of sp³-hybridized carbons (Fsp3) is 0.833. The summed E-state index contributed by atoms with van der Waals surface area (Å²) in [6, 6.07) is 0.249. The summed E-state index contributed by atoms with van der Waals surface area (Å²) in [6.07, 6.45) is 11.2. The van der Waals surface area contributed by atoms with Crippen LogP contribution in [-0.2, 0) is 0 Å². The Morgan fingerprint density at radius 1 is 1.46 bits per heavy atom. The zero-order chi connectivity index (χ0) is 9.26. The first-order chi connectivity index (χ1) is 6.29. The van der Waals surface area contributed by atoms with Gasteiger partial charge in [0.05, 0.1) is 6.04 Å². The minimum atomic E-state index is 0.249. The van der Waals surface area contributed by atoms with Gasteiger partial charge in [0.1, 0.15) is 0 Å². The van der Waals surface area contributed by atoms with Gasteiger partial charge in [0.25, 0.3) is 0 Å². The highest BCUT2D eigenvalue weighted by Crippen LogP contribution is 2.47. The summed E-state index contributed by atoms with van der Waals surface area (Å²) in [7, 11) is 0. The third-order valence-electron chi connectivity index (χ3n) is 3.82. The van der Waals surface area contributed by atoms with Crippen molar-refractivity contribution in [3.05, 3.63) is 0 Å². The fourth-order valence-electron chi connectivity index (χ4n) is 3.01. The van der Waals surface area contributed by atoms with Gasteiger partial charge in [-0.2, -0.15) is 0 Å². The van der Waals surface area contributed by atoms with E-state index in [1.54, 1.807) is 0 Å². The molecule has 4 atom stereocenters. The van der Waals surface area contributed by atoms with E-state index in [9.17, 15) is 0 Å². The maximum atomic E-state index is 5.32. The summed E-state index contributed by atoms with van der Waals surface area (Å²) in [5, 5.41) is 3.42. The molecule has 72 valence electrons. The van der Waals surface area contributed by atoms with Crippen LogP contribution in [0.5, 0.6) is 0 Å². The van der Waals surface area contributed by atoms with E-state index in [4.69, 9.17) is 6.42 Å². The van der Waals surface area contributed by atoms with Gasteiger partial charge in [-0.1, -0.05) is 12.3 Å². The third kappa shape index (κ3) is 1.89. The van der Waals surface area contributed by atoms with Crippen LogP contribution >= 0.6 is 0 Å². The van der Waals surface area contributed by atoms with E-state index in [0.717, 1.165) is 24.3 Å². The lowest BCUT2D eigenvalue weighted by molar-refractivity contribution is 0.316. The van der Waals surface area contributed by atoms with Gasteiger partial charge in [0.2, 0.25) is 0 Å². The average molecular weight is 177 g/mol. The van der Waals surface area contributed by atoms with Crippen molar-refractivity contribution in [2.24, 2.45) is 17.8 Å². The number of fused-ring (bicyclic) bond motifs is 2. The van der Waals surface area contributed by atoms with Crippen LogP contribution in [0.4, 0.5) is 0 Å². The minimum Gasteiger partial charge on any atom is -0.304 e. The van der Waals surface area contributed by atoms with Gasteiger partial charge in [0.15, 0.2) is 0 Å². The molecule has 2 fully saturated rings. The zero-order valence-electron chi connectivity index (χ0n) is 8.42. The molecule has 1 nitrogen and oxygen atoms in total. The molecule has 0 spiro atoms. The predicted molar refractivity (Wildman–Crippen MR) is 55.2 cm³/mol. The van der Waals surface area contributed by atoms with Crippen molar-refractivity contribution in [3.63, 3.8) is 0 Å². The van der Waals surface area contributed by atoms with Crippen molar-refractivity contribution < 1.29 is 0 Å². The highest BCUT2D eigenvalue weighted by atomic mass is 14.9. The molecule has 0 amide bonds. The van der Waals surface area contributed by atoms with Gasteiger partial charge in [-0.25, -0.2) is 0 Å². The Bertz CT molecular complexity index is 216. The highest BCUT2D eigenvalue weighted by molar-refractivity contribution is 4.97. The van der Waals surface area contributed by atoms with Crippen LogP contribution in [0.15, 0.2) is 0 Å². The molecule has 0 heterocycles. The molecule has 13 heavy (non-hydrogen) atoms. The molecule has 1 N–H and O–H groups in total. The van der Waals surface area contributed by atoms with Crippen molar-refractivity contribution in [3.8, 4) is 12.3 Å². The van der Waals surface area contributed by atoms with Crippen LogP contribution in [0.3, 0.4) is 0 Å². The summed E-state index contributed by atoms with van der Waals surface area (Å²) in [5.74, 6) is 5.72. The van der Waals surface area contributed by atoms with Crippen LogP contribution in [0.1, 0.15) is 32.6 Å². The van der Waals surface area contributed by atoms with Crippen LogP contribution < -0.4 is 5.32 Å². The Morgan fingerprint density at radius 2 is 2.31 bits per heavy atom. The molecule has 2 saturated carbocycles. The van der Waals surface area contributed by atoms with E-state index in [1.165, 1.54) is 25.7 Å². The summed E-state index contributed by atoms with van der Waals surface area (Å²) < 4.78 is 0. The van der Waals surface area contributed by atoms with E-state index in [-0.39, 0.29) is 6.04 Å². The van der Waals surface area contributed by atoms with Crippen LogP contribution in [-0.4, -0.2) is 12.6 Å². The molecule has 2 aliphatic rings. The summed E-state index contributed by atoms with van der Waals surface area (Å²) in [6.45, 7) is 3.21. The van der Waals surface area contributed by atoms with Gasteiger partial charge >= 0.3 is 0 Å². The second-order valence-corrected chi connectivity index (χ2v) is 4.73. The average Bonchev–Trinajstić information content (AvgIpc) is 2.74. The number of hydrogen-bond donors (Lipinski definition) is 1. The zero-order valence-corrected chi connectivity index (χ0v) is 8.42. The molecule has 2 bridgehead atoms. The summed E-state index contributed by atoms with van der Waals surface area (Å²) in [4.78, 5) is 0. The molecule has 1 heteroatoms. The lowest BCUT2D eigenvalue weighted by Gasteiger charge is -2.22. The van der Waals surface area contributed by atoms with Gasteiger partial charge in [-0.15, -0.1) is 6.42 Å². The first-order valence-electron chi connectivity index (χ1n) is 5.49. The maximum absolute atomic E-state index is 5.32. The lowest BCUT2D eigenvalue weighted by atomic mass is 9.89. The quantitative estimate of drug-likeness (QED) is 0.650. The minimum absolute atomic E-state index is 0.249. The van der Waals surface area contributed by atoms with Crippen molar-refractivity contribution in [2.45, 2.75) is 38.6 Å². The van der Waals surface area contributed by atoms with Gasteiger partial charge in [0, 0.05) is 0 Å². The van der Waals surface area contributed by atoms with Gasteiger partial charge < -0.3 is 5.32 Å². The molecular weight excluding hydrogens is 158 g/mol. The molecular formula is C12H19N. The Kier molecular flexibility index (Phi) is 2.60. The van der Waals surface area contributed by atoms with Crippen LogP contribution in [0.25, 0.3) is 0 Å². The molecule has 2 rings (SSSR count). The van der Waals surface area contributed by atoms with Crippen molar-refractivity contribution in [1.29, 1.82) is 0 Å². The van der Waals surface area contributed by atoms with Crippen LogP contribution in [0, 0.1) is 30.1 Å². The standard InChI is InChI=1S/C12H19N/c1-3-9(2)13-8-12-7-10-4-5-11(12)6-10/h1,9-13H,4-8H2,2H3. The number of hydrogen-bond acceptors (Lipinski definition) is 1. The molecule has 0 saturated heterocycles. The molecule has 0 aromatic heterocycles. The second-order valence-electron chi connectivity index (χ2n) is 4.73. The van der Waals surface area contributed by atoms with Crippen LogP contribution in [0.2, 0.25) is 0 Å². The topological polar surface area (TPSA) is 12.0 Å². The van der Waals surface area contributed by atoms with Crippen molar-refractivity contribution in [1.82, 2.24) is 5.32 Å². The number of nitrogens with one attached hydrogen (secondary N) is 1. The molecule has 0 aromatic carbocycles. The molecule has 2 aliphatic carbocycles. The van der Waals surface area contributed by atoms with E-state index in [1.807, 2.05) is 0 Å². The number of terminal acetylenes is 1. The Labute approximate surface area is 81.3 Å². The first kappa shape index (κ1) is 9.09. The van der Waals surface area contributed by atoms with Crippen molar-refractivity contribution in [2.75, 3.05) is 6.54 Å². The van der Waals surface area contributed by atoms with E-state index in [0.29, 0.717) is 0 Å². The maximum Gasteiger partial charge on any atom is 0.0658 e. The van der Waals surface area contributed by atoms with E-state index >= 15 is 0 Å². The molecule has 4 unspecified atom stereocenters. The smallest absolute Gasteiger partial charge is 0.0658 e. The Morgan fingerprint density at radius 3 is 2.85 bits per heavy atom. The van der Waals surface area contributed by atoms with E-state index in [2.05, 4.69) is 18.2 Å². The summed E-state index contributed by atoms with van der Waals surface area (Å²) in [5.41, 5.74) is 0. The molecule has 0 aliphatic heterocycles. The fourth-order valence-corrected chi connectivity index (χ4v) is 3.01. The largest absolute Gasteiger partial charge is 0.304 e. The second kappa shape index (κ2) is 3.72. The van der Waals surface area contributed by atoms with Gasteiger partial charge in [-0.05, 0) is 50.5 Å². The monoisotopic (exact) mass is 177 g/mol. The Hall–Kier alpha value is -0.480. The van der Waals surface area contributed by atoms with Gasteiger partial charge in [-0.3, -0.25) is 0 Å². The Balaban J connectivity index is 1.75.